The predicted molar refractivity (Wildman–Crippen MR) is 66.6 cm³/mol. The molecule has 0 radical (unpaired) electrons. The van der Waals surface area contributed by atoms with Crippen LogP contribution in [0.4, 0.5) is 13.2 Å². The van der Waals surface area contributed by atoms with Crippen LogP contribution >= 0.6 is 0 Å². The topological polar surface area (TPSA) is 23.5 Å². The molecule has 106 valence electrons. The molecule has 5 heteroatoms. The van der Waals surface area contributed by atoms with Crippen molar-refractivity contribution in [3.63, 3.8) is 0 Å². The summed E-state index contributed by atoms with van der Waals surface area (Å²) in [5.74, 6) is 0. The highest BCUT2D eigenvalue weighted by Gasteiger charge is 2.39. The molecule has 1 aliphatic rings. The summed E-state index contributed by atoms with van der Waals surface area (Å²) in [7, 11) is 0. The molecule has 0 aromatic heterocycles. The molecule has 1 aromatic carbocycles. The van der Waals surface area contributed by atoms with E-state index in [0.717, 1.165) is 30.5 Å². The van der Waals surface area contributed by atoms with Gasteiger partial charge in [0.1, 0.15) is 0 Å². The van der Waals surface area contributed by atoms with E-state index >= 15 is 0 Å². The average molecular weight is 273 g/mol. The Labute approximate surface area is 110 Å². The van der Waals surface area contributed by atoms with Gasteiger partial charge < -0.3 is 5.11 Å². The number of hydrogen-bond acceptors (Lipinski definition) is 2. The first-order valence-electron chi connectivity index (χ1n) is 6.43. The molecule has 19 heavy (non-hydrogen) atoms. The minimum atomic E-state index is -4.28. The van der Waals surface area contributed by atoms with Crippen LogP contribution in [0.15, 0.2) is 24.3 Å². The van der Waals surface area contributed by atoms with Crippen LogP contribution in [-0.4, -0.2) is 28.7 Å². The number of hydrogen-bond donors (Lipinski definition) is 1. The second-order valence-electron chi connectivity index (χ2n) is 5.31. The number of likely N-dealkylation sites (tertiary alicyclic amines) is 1. The number of β-amino-alcohol motifs (C(OH)–C–C–N with tert-alkyl or cyclic N) is 1. The molecule has 1 fully saturated rings. The lowest BCUT2D eigenvalue weighted by molar-refractivity contribution is -0.137. The fraction of sp³-hybridized carbons (Fsp3) is 0.571. The van der Waals surface area contributed by atoms with Crippen molar-refractivity contribution < 1.29 is 18.3 Å². The Balaban J connectivity index is 1.89. The average Bonchev–Trinajstić information content (AvgIpc) is 2.27. The van der Waals surface area contributed by atoms with E-state index in [4.69, 9.17) is 0 Å². The molecule has 1 saturated heterocycles. The summed E-state index contributed by atoms with van der Waals surface area (Å²) in [6.07, 6.45) is -2.57. The van der Waals surface area contributed by atoms with E-state index in [1.807, 2.05) is 11.8 Å². The van der Waals surface area contributed by atoms with Gasteiger partial charge in [-0.2, -0.15) is 13.2 Å². The van der Waals surface area contributed by atoms with Gasteiger partial charge in [0, 0.05) is 19.6 Å². The quantitative estimate of drug-likeness (QED) is 0.911. The maximum Gasteiger partial charge on any atom is 0.416 e. The zero-order chi connectivity index (χ0) is 14.1. The summed E-state index contributed by atoms with van der Waals surface area (Å²) in [5.41, 5.74) is -0.380. The smallest absolute Gasteiger partial charge is 0.387 e. The van der Waals surface area contributed by atoms with Crippen LogP contribution in [0, 0.1) is 0 Å². The van der Waals surface area contributed by atoms with Gasteiger partial charge in [0.05, 0.1) is 11.2 Å². The molecule has 1 aromatic rings. The van der Waals surface area contributed by atoms with Crippen molar-refractivity contribution >= 4 is 0 Å². The molecule has 0 amide bonds. The first kappa shape index (κ1) is 14.3. The molecular weight excluding hydrogens is 255 g/mol. The maximum atomic E-state index is 12.4. The maximum absolute atomic E-state index is 12.4. The summed E-state index contributed by atoms with van der Waals surface area (Å²) in [4.78, 5) is 2.04. The number of halogens is 3. The van der Waals surface area contributed by atoms with Gasteiger partial charge in [-0.15, -0.1) is 0 Å². The Morgan fingerprint density at radius 3 is 2.26 bits per heavy atom. The fourth-order valence-electron chi connectivity index (χ4n) is 2.58. The molecule has 2 rings (SSSR count). The van der Waals surface area contributed by atoms with Crippen LogP contribution in [0.1, 0.15) is 30.9 Å². The molecule has 0 unspecified atom stereocenters. The van der Waals surface area contributed by atoms with Crippen LogP contribution in [0.5, 0.6) is 0 Å². The molecular formula is C14H18F3NO. The number of alkyl halides is 3. The SMILES string of the molecule is CCCC1(O)CN(Cc2ccc(C(F)(F)F)cc2)C1. The van der Waals surface area contributed by atoms with Crippen molar-refractivity contribution in [3.8, 4) is 0 Å². The largest absolute Gasteiger partial charge is 0.416 e. The highest BCUT2D eigenvalue weighted by Crippen LogP contribution is 2.30. The first-order valence-corrected chi connectivity index (χ1v) is 6.43. The van der Waals surface area contributed by atoms with Crippen molar-refractivity contribution in [2.75, 3.05) is 13.1 Å². The molecule has 0 atom stereocenters. The third kappa shape index (κ3) is 3.48. The van der Waals surface area contributed by atoms with E-state index in [1.165, 1.54) is 12.1 Å². The van der Waals surface area contributed by atoms with Gasteiger partial charge in [-0.3, -0.25) is 4.90 Å². The van der Waals surface area contributed by atoms with Gasteiger partial charge in [-0.1, -0.05) is 25.5 Å². The highest BCUT2D eigenvalue weighted by molar-refractivity contribution is 5.24. The Morgan fingerprint density at radius 2 is 1.79 bits per heavy atom. The normalized spacial score (nSPS) is 19.2. The van der Waals surface area contributed by atoms with Crippen molar-refractivity contribution in [1.29, 1.82) is 0 Å². The number of benzene rings is 1. The number of nitrogens with zero attached hydrogens (tertiary/aromatic N) is 1. The van der Waals surface area contributed by atoms with Crippen LogP contribution in [0.25, 0.3) is 0 Å². The van der Waals surface area contributed by atoms with Crippen LogP contribution in [0.2, 0.25) is 0 Å². The van der Waals surface area contributed by atoms with E-state index < -0.39 is 17.3 Å². The van der Waals surface area contributed by atoms with Crippen LogP contribution in [0.3, 0.4) is 0 Å². The summed E-state index contributed by atoms with van der Waals surface area (Å²) < 4.78 is 37.2. The number of rotatable bonds is 4. The van der Waals surface area contributed by atoms with Gasteiger partial charge in [0.15, 0.2) is 0 Å². The predicted octanol–water partition coefficient (Wildman–Crippen LogP) is 3.05. The Morgan fingerprint density at radius 1 is 1.21 bits per heavy atom. The Kier molecular flexibility index (Phi) is 3.87. The highest BCUT2D eigenvalue weighted by atomic mass is 19.4. The van der Waals surface area contributed by atoms with E-state index in [2.05, 4.69) is 0 Å². The molecule has 1 heterocycles. The first-order chi connectivity index (χ1) is 8.82. The Bertz CT molecular complexity index is 421. The van der Waals surface area contributed by atoms with Gasteiger partial charge >= 0.3 is 6.18 Å². The zero-order valence-corrected chi connectivity index (χ0v) is 10.9. The fourth-order valence-corrected chi connectivity index (χ4v) is 2.58. The molecule has 0 spiro atoms. The molecule has 1 aliphatic heterocycles. The number of aliphatic hydroxyl groups is 1. The summed E-state index contributed by atoms with van der Waals surface area (Å²) in [5, 5.41) is 10.0. The van der Waals surface area contributed by atoms with E-state index in [1.54, 1.807) is 0 Å². The molecule has 2 nitrogen and oxygen atoms in total. The zero-order valence-electron chi connectivity index (χ0n) is 10.9. The van der Waals surface area contributed by atoms with Gasteiger partial charge in [-0.25, -0.2) is 0 Å². The minimum absolute atomic E-state index is 0.587. The van der Waals surface area contributed by atoms with E-state index in [0.29, 0.717) is 19.6 Å². The van der Waals surface area contributed by atoms with Crippen LogP contribution in [-0.2, 0) is 12.7 Å². The summed E-state index contributed by atoms with van der Waals surface area (Å²) >= 11 is 0. The molecule has 0 saturated carbocycles. The van der Waals surface area contributed by atoms with Crippen LogP contribution < -0.4 is 0 Å². The van der Waals surface area contributed by atoms with Gasteiger partial charge in [0.25, 0.3) is 0 Å². The van der Waals surface area contributed by atoms with Crippen molar-refractivity contribution in [3.05, 3.63) is 35.4 Å². The third-order valence-corrected chi connectivity index (χ3v) is 3.44. The van der Waals surface area contributed by atoms with E-state index in [9.17, 15) is 18.3 Å². The lowest BCUT2D eigenvalue weighted by atomic mass is 9.89. The van der Waals surface area contributed by atoms with Gasteiger partial charge in [0.2, 0.25) is 0 Å². The standard InChI is InChI=1S/C14H18F3NO/c1-2-7-13(19)9-18(10-13)8-11-3-5-12(6-4-11)14(15,16)17/h3-6,19H,2,7-10H2,1H3. The lowest BCUT2D eigenvalue weighted by Crippen LogP contribution is -2.60. The molecule has 0 aliphatic carbocycles. The second kappa shape index (κ2) is 5.13. The van der Waals surface area contributed by atoms with E-state index in [-0.39, 0.29) is 0 Å². The Hall–Kier alpha value is -1.07. The van der Waals surface area contributed by atoms with Crippen molar-refractivity contribution in [1.82, 2.24) is 4.90 Å². The summed E-state index contributed by atoms with van der Waals surface area (Å²) in [6.45, 7) is 3.81. The van der Waals surface area contributed by atoms with Crippen molar-refractivity contribution in [2.24, 2.45) is 0 Å². The second-order valence-corrected chi connectivity index (χ2v) is 5.31. The lowest BCUT2D eigenvalue weighted by Gasteiger charge is -2.46. The third-order valence-electron chi connectivity index (χ3n) is 3.44. The molecule has 1 N–H and O–H groups in total. The summed E-state index contributed by atoms with van der Waals surface area (Å²) in [6, 6.07) is 5.21. The minimum Gasteiger partial charge on any atom is -0.387 e. The van der Waals surface area contributed by atoms with Crippen molar-refractivity contribution in [2.45, 2.75) is 38.1 Å². The van der Waals surface area contributed by atoms with Gasteiger partial charge in [-0.05, 0) is 24.1 Å². The molecule has 0 bridgehead atoms. The monoisotopic (exact) mass is 273 g/mol.